The van der Waals surface area contributed by atoms with Crippen LogP contribution in [0.25, 0.3) is 0 Å². The van der Waals surface area contributed by atoms with Gasteiger partial charge in [-0.1, -0.05) is 17.7 Å². The molecule has 5 heteroatoms. The van der Waals surface area contributed by atoms with Crippen molar-refractivity contribution in [1.82, 2.24) is 4.31 Å². The van der Waals surface area contributed by atoms with Crippen molar-refractivity contribution < 1.29 is 13.2 Å². The lowest BCUT2D eigenvalue weighted by molar-refractivity contribution is -0.122. The van der Waals surface area contributed by atoms with Gasteiger partial charge in [0.15, 0.2) is 5.78 Å². The molecule has 1 aromatic carbocycles. The number of carbonyl (C=O) groups excluding carboxylic acids is 1. The Morgan fingerprint density at radius 1 is 1.17 bits per heavy atom. The summed E-state index contributed by atoms with van der Waals surface area (Å²) in [6, 6.07) is 6.70. The number of Topliss-reactive ketones (excluding diaryl/α,β-unsaturated/α-hetero) is 1. The van der Waals surface area contributed by atoms with Gasteiger partial charge < -0.3 is 0 Å². The maximum Gasteiger partial charge on any atom is 0.243 e. The molecule has 0 radical (unpaired) electrons. The molecule has 0 amide bonds. The van der Waals surface area contributed by atoms with E-state index in [4.69, 9.17) is 0 Å². The van der Waals surface area contributed by atoms with E-state index >= 15 is 0 Å². The molecule has 1 aliphatic heterocycles. The van der Waals surface area contributed by atoms with E-state index in [1.165, 1.54) is 4.31 Å². The zero-order valence-corrected chi connectivity index (χ0v) is 11.6. The van der Waals surface area contributed by atoms with Gasteiger partial charge in [0.25, 0.3) is 0 Å². The highest BCUT2D eigenvalue weighted by molar-refractivity contribution is 7.89. The van der Waals surface area contributed by atoms with Gasteiger partial charge in [0.1, 0.15) is 0 Å². The second-order valence-electron chi connectivity index (χ2n) is 5.12. The van der Waals surface area contributed by atoms with Crippen molar-refractivity contribution in [2.24, 2.45) is 0 Å². The molecule has 0 atom stereocenters. The predicted molar refractivity (Wildman–Crippen MR) is 68.8 cm³/mol. The van der Waals surface area contributed by atoms with Crippen molar-refractivity contribution in [3.05, 3.63) is 29.8 Å². The molecule has 4 nitrogen and oxygen atoms in total. The monoisotopic (exact) mass is 267 g/mol. The van der Waals surface area contributed by atoms with Gasteiger partial charge in [-0.15, -0.1) is 0 Å². The molecule has 1 aliphatic rings. The first-order chi connectivity index (χ1) is 8.26. The standard InChI is InChI=1S/C13H17NO3S/c1-10-4-6-11(7-5-10)18(16,17)14-9-8-12(15)13(14,2)3/h4-7H,8-9H2,1-3H3. The number of aryl methyl sites for hydroxylation is 1. The van der Waals surface area contributed by atoms with E-state index in [-0.39, 0.29) is 23.6 Å². The van der Waals surface area contributed by atoms with E-state index in [9.17, 15) is 13.2 Å². The Morgan fingerprint density at radius 2 is 1.72 bits per heavy atom. The molecule has 0 bridgehead atoms. The number of rotatable bonds is 2. The van der Waals surface area contributed by atoms with Gasteiger partial charge in [-0.05, 0) is 32.9 Å². The first kappa shape index (κ1) is 13.2. The largest absolute Gasteiger partial charge is 0.298 e. The Balaban J connectivity index is 2.44. The van der Waals surface area contributed by atoms with Gasteiger partial charge in [0, 0.05) is 13.0 Å². The Labute approximate surface area is 108 Å². The summed E-state index contributed by atoms with van der Waals surface area (Å²) in [7, 11) is -3.58. The van der Waals surface area contributed by atoms with Crippen LogP contribution in [-0.2, 0) is 14.8 Å². The Morgan fingerprint density at radius 3 is 2.17 bits per heavy atom. The molecule has 1 saturated heterocycles. The highest BCUT2D eigenvalue weighted by atomic mass is 32.2. The minimum absolute atomic E-state index is 0.0295. The Bertz CT molecular complexity index is 573. The quantitative estimate of drug-likeness (QED) is 0.820. The van der Waals surface area contributed by atoms with E-state index < -0.39 is 15.6 Å². The maximum absolute atomic E-state index is 12.5. The van der Waals surface area contributed by atoms with E-state index in [0.717, 1.165) is 5.56 Å². The summed E-state index contributed by atoms with van der Waals surface area (Å²) >= 11 is 0. The van der Waals surface area contributed by atoms with E-state index in [1.54, 1.807) is 38.1 Å². The highest BCUT2D eigenvalue weighted by Gasteiger charge is 2.46. The number of benzene rings is 1. The fourth-order valence-electron chi connectivity index (χ4n) is 2.19. The summed E-state index contributed by atoms with van der Waals surface area (Å²) in [5.74, 6) is -0.0295. The van der Waals surface area contributed by atoms with Crippen LogP contribution in [0.1, 0.15) is 25.8 Å². The lowest BCUT2D eigenvalue weighted by Crippen LogP contribution is -2.46. The summed E-state index contributed by atoms with van der Waals surface area (Å²) in [6.45, 7) is 5.49. The smallest absolute Gasteiger partial charge is 0.243 e. The zero-order valence-electron chi connectivity index (χ0n) is 10.8. The summed E-state index contributed by atoms with van der Waals surface area (Å²) in [4.78, 5) is 12.0. The van der Waals surface area contributed by atoms with E-state index in [2.05, 4.69) is 0 Å². The van der Waals surface area contributed by atoms with Crippen molar-refractivity contribution in [3.8, 4) is 0 Å². The van der Waals surface area contributed by atoms with Crippen LogP contribution in [0.2, 0.25) is 0 Å². The number of carbonyl (C=O) groups is 1. The molecule has 98 valence electrons. The minimum Gasteiger partial charge on any atom is -0.298 e. The Hall–Kier alpha value is -1.20. The van der Waals surface area contributed by atoms with Crippen molar-refractivity contribution in [2.75, 3.05) is 6.54 Å². The number of hydrogen-bond donors (Lipinski definition) is 0. The fourth-order valence-corrected chi connectivity index (χ4v) is 3.95. The van der Waals surface area contributed by atoms with Crippen LogP contribution in [0, 0.1) is 6.92 Å². The highest BCUT2D eigenvalue weighted by Crippen LogP contribution is 2.31. The van der Waals surface area contributed by atoms with Gasteiger partial charge in [0.05, 0.1) is 10.4 Å². The van der Waals surface area contributed by atoms with Gasteiger partial charge >= 0.3 is 0 Å². The second kappa shape index (κ2) is 4.17. The molecule has 2 rings (SSSR count). The third kappa shape index (κ3) is 1.97. The van der Waals surface area contributed by atoms with E-state index in [0.29, 0.717) is 0 Å². The van der Waals surface area contributed by atoms with Gasteiger partial charge in [-0.3, -0.25) is 4.79 Å². The van der Waals surface area contributed by atoms with Crippen LogP contribution in [0.15, 0.2) is 29.2 Å². The topological polar surface area (TPSA) is 54.5 Å². The number of ketones is 1. The van der Waals surface area contributed by atoms with Gasteiger partial charge in [0.2, 0.25) is 10.0 Å². The summed E-state index contributed by atoms with van der Waals surface area (Å²) < 4.78 is 26.3. The normalized spacial score (nSPS) is 20.3. The lowest BCUT2D eigenvalue weighted by atomic mass is 10.0. The van der Waals surface area contributed by atoms with Crippen LogP contribution in [0.3, 0.4) is 0 Å². The number of hydrogen-bond acceptors (Lipinski definition) is 3. The first-order valence-corrected chi connectivity index (χ1v) is 7.33. The average Bonchev–Trinajstić information content (AvgIpc) is 2.55. The molecule has 0 saturated carbocycles. The third-order valence-corrected chi connectivity index (χ3v) is 5.54. The van der Waals surface area contributed by atoms with Crippen LogP contribution in [-0.4, -0.2) is 30.6 Å². The molecular weight excluding hydrogens is 250 g/mol. The molecule has 18 heavy (non-hydrogen) atoms. The SMILES string of the molecule is Cc1ccc(S(=O)(=O)N2CCC(=O)C2(C)C)cc1. The molecule has 0 aromatic heterocycles. The van der Waals surface area contributed by atoms with E-state index in [1.807, 2.05) is 6.92 Å². The molecule has 0 unspecified atom stereocenters. The average molecular weight is 267 g/mol. The van der Waals surface area contributed by atoms with Crippen LogP contribution in [0.4, 0.5) is 0 Å². The van der Waals surface area contributed by atoms with Crippen LogP contribution >= 0.6 is 0 Å². The van der Waals surface area contributed by atoms with Crippen molar-refractivity contribution >= 4 is 15.8 Å². The molecule has 1 aromatic rings. The molecule has 0 spiro atoms. The first-order valence-electron chi connectivity index (χ1n) is 5.89. The third-order valence-electron chi connectivity index (χ3n) is 3.46. The van der Waals surface area contributed by atoms with Gasteiger partial charge in [-0.2, -0.15) is 4.31 Å². The van der Waals surface area contributed by atoms with Crippen molar-refractivity contribution in [2.45, 2.75) is 37.6 Å². The molecule has 1 fully saturated rings. The molecule has 0 aliphatic carbocycles. The second-order valence-corrected chi connectivity index (χ2v) is 6.98. The molecule has 1 heterocycles. The molecular formula is C13H17NO3S. The predicted octanol–water partition coefficient (Wildman–Crippen LogP) is 1.74. The van der Waals surface area contributed by atoms with Gasteiger partial charge in [-0.25, -0.2) is 8.42 Å². The lowest BCUT2D eigenvalue weighted by Gasteiger charge is -2.29. The number of sulfonamides is 1. The fraction of sp³-hybridized carbons (Fsp3) is 0.462. The van der Waals surface area contributed by atoms with Crippen molar-refractivity contribution in [3.63, 3.8) is 0 Å². The minimum atomic E-state index is -3.58. The maximum atomic E-state index is 12.5. The van der Waals surface area contributed by atoms with Crippen LogP contribution in [0.5, 0.6) is 0 Å². The number of nitrogens with zero attached hydrogens (tertiary/aromatic N) is 1. The summed E-state index contributed by atoms with van der Waals surface area (Å²) in [6.07, 6.45) is 0.290. The molecule has 0 N–H and O–H groups in total. The zero-order chi connectivity index (χ0) is 13.6. The Kier molecular flexibility index (Phi) is 3.07. The van der Waals surface area contributed by atoms with Crippen LogP contribution < -0.4 is 0 Å². The van der Waals surface area contributed by atoms with Crippen molar-refractivity contribution in [1.29, 1.82) is 0 Å². The summed E-state index contributed by atoms with van der Waals surface area (Å²) in [5.41, 5.74) is 0.0645. The summed E-state index contributed by atoms with van der Waals surface area (Å²) in [5, 5.41) is 0.